The summed E-state index contributed by atoms with van der Waals surface area (Å²) in [5.74, 6) is 0. The zero-order valence-corrected chi connectivity index (χ0v) is 23.7. The van der Waals surface area contributed by atoms with Gasteiger partial charge in [0.1, 0.15) is 22.3 Å². The van der Waals surface area contributed by atoms with Crippen molar-refractivity contribution in [2.24, 2.45) is 0 Å². The van der Waals surface area contributed by atoms with Crippen LogP contribution in [0.4, 0.5) is 0 Å². The molecule has 8 aromatic carbocycles. The van der Waals surface area contributed by atoms with Crippen molar-refractivity contribution in [1.82, 2.24) is 0 Å². The van der Waals surface area contributed by atoms with Crippen molar-refractivity contribution in [2.75, 3.05) is 0 Å². The molecule has 2 nitrogen and oxygen atoms in total. The van der Waals surface area contributed by atoms with Crippen LogP contribution in [-0.2, 0) is 0 Å². The first-order chi connectivity index (χ1) is 21.8. The minimum absolute atomic E-state index is 0.907. The number of furan rings is 2. The maximum Gasteiger partial charge on any atom is 0.136 e. The van der Waals surface area contributed by atoms with Crippen LogP contribution >= 0.6 is 0 Å². The van der Waals surface area contributed by atoms with Crippen LogP contribution in [0.1, 0.15) is 0 Å². The van der Waals surface area contributed by atoms with Crippen LogP contribution in [0.15, 0.2) is 154 Å². The van der Waals surface area contributed by atoms with E-state index >= 15 is 0 Å². The molecule has 0 unspecified atom stereocenters. The first-order valence-corrected chi connectivity index (χ1v) is 15.0. The Kier molecular flexibility index (Phi) is 4.75. The average Bonchev–Trinajstić information content (AvgIpc) is 3.65. The summed E-state index contributed by atoms with van der Waals surface area (Å²) in [7, 11) is 0. The van der Waals surface area contributed by atoms with E-state index in [1.165, 1.54) is 54.4 Å². The third-order valence-electron chi connectivity index (χ3n) is 9.25. The first kappa shape index (κ1) is 23.7. The van der Waals surface area contributed by atoms with E-state index in [2.05, 4.69) is 133 Å². The zero-order valence-electron chi connectivity index (χ0n) is 23.7. The molecule has 0 aliphatic rings. The summed E-state index contributed by atoms with van der Waals surface area (Å²) in [5.41, 5.74) is 8.44. The molecule has 0 aliphatic carbocycles. The highest BCUT2D eigenvalue weighted by Gasteiger charge is 2.19. The minimum atomic E-state index is 0.907. The van der Waals surface area contributed by atoms with E-state index in [1.54, 1.807) is 0 Å². The molecule has 0 amide bonds. The van der Waals surface area contributed by atoms with Crippen LogP contribution in [0.2, 0.25) is 0 Å². The van der Waals surface area contributed by atoms with E-state index in [9.17, 15) is 0 Å². The molecule has 0 atom stereocenters. The summed E-state index contributed by atoms with van der Waals surface area (Å²) in [6, 6.07) is 52.0. The van der Waals surface area contributed by atoms with E-state index < -0.39 is 0 Å². The lowest BCUT2D eigenvalue weighted by Crippen LogP contribution is -1.90. The summed E-state index contributed by atoms with van der Waals surface area (Å²) in [6.07, 6.45) is 0. The summed E-state index contributed by atoms with van der Waals surface area (Å²) in [6.45, 7) is 0. The Labute approximate surface area is 252 Å². The number of rotatable bonds is 2. The molecule has 204 valence electrons. The van der Waals surface area contributed by atoms with Crippen LogP contribution < -0.4 is 0 Å². The van der Waals surface area contributed by atoms with E-state index in [-0.39, 0.29) is 0 Å². The summed E-state index contributed by atoms with van der Waals surface area (Å²) in [5, 5.41) is 11.9. The molecule has 0 radical (unpaired) electrons. The summed E-state index contributed by atoms with van der Waals surface area (Å²) < 4.78 is 12.7. The van der Waals surface area contributed by atoms with Gasteiger partial charge < -0.3 is 8.83 Å². The first-order valence-electron chi connectivity index (χ1n) is 15.0. The Morgan fingerprint density at radius 3 is 1.52 bits per heavy atom. The molecular formula is C42H24O2. The maximum absolute atomic E-state index is 6.35. The lowest BCUT2D eigenvalue weighted by molar-refractivity contribution is 0.669. The van der Waals surface area contributed by atoms with E-state index in [0.29, 0.717) is 0 Å². The van der Waals surface area contributed by atoms with Gasteiger partial charge in [-0.3, -0.25) is 0 Å². The van der Waals surface area contributed by atoms with E-state index in [1.807, 2.05) is 12.1 Å². The van der Waals surface area contributed by atoms with Crippen LogP contribution in [0, 0.1) is 0 Å². The van der Waals surface area contributed by atoms with E-state index in [0.717, 1.165) is 44.1 Å². The lowest BCUT2D eigenvalue weighted by atomic mass is 9.85. The Bertz CT molecular complexity index is 2720. The minimum Gasteiger partial charge on any atom is -0.456 e. The standard InChI is InChI=1S/C42H24O2/c1-2-10-28-25(9-1)18-22-38-42(28)35-23-26(19-21-37(35)43-38)40-31-12-3-5-14-33(31)41(34-15-6-4-13-32(34)40)27-17-20-30-29-11-7-8-16-36(29)44-39(30)24-27/h1-24H. The molecule has 10 aromatic rings. The van der Waals surface area contributed by atoms with Crippen LogP contribution in [0.25, 0.3) is 98.4 Å². The van der Waals surface area contributed by atoms with Gasteiger partial charge in [0.25, 0.3) is 0 Å². The molecular weight excluding hydrogens is 536 g/mol. The van der Waals surface area contributed by atoms with E-state index in [4.69, 9.17) is 8.83 Å². The maximum atomic E-state index is 6.35. The van der Waals surface area contributed by atoms with Gasteiger partial charge in [0.05, 0.1) is 0 Å². The van der Waals surface area contributed by atoms with Gasteiger partial charge in [-0.2, -0.15) is 0 Å². The van der Waals surface area contributed by atoms with Crippen molar-refractivity contribution in [2.45, 2.75) is 0 Å². The monoisotopic (exact) mass is 560 g/mol. The van der Waals surface area contributed by atoms with Gasteiger partial charge in [0.2, 0.25) is 0 Å². The average molecular weight is 561 g/mol. The van der Waals surface area contributed by atoms with Gasteiger partial charge in [0, 0.05) is 21.5 Å². The van der Waals surface area contributed by atoms with Gasteiger partial charge in [-0.15, -0.1) is 0 Å². The van der Waals surface area contributed by atoms with Crippen molar-refractivity contribution >= 4 is 76.2 Å². The molecule has 0 N–H and O–H groups in total. The highest BCUT2D eigenvalue weighted by molar-refractivity contribution is 6.24. The molecule has 0 bridgehead atoms. The SMILES string of the molecule is c1ccc2c(c1)ccc1oc3ccc(-c4c5ccccc5c(-c5ccc6c(c5)oc5ccccc56)c5ccccc45)cc3c12. The molecule has 0 spiro atoms. The van der Waals surface area contributed by atoms with Gasteiger partial charge in [-0.25, -0.2) is 0 Å². The molecule has 44 heavy (non-hydrogen) atoms. The van der Waals surface area contributed by atoms with Crippen LogP contribution in [0.3, 0.4) is 0 Å². The molecule has 10 rings (SSSR count). The van der Waals surface area contributed by atoms with Crippen LogP contribution in [-0.4, -0.2) is 0 Å². The summed E-state index contributed by atoms with van der Waals surface area (Å²) >= 11 is 0. The van der Waals surface area contributed by atoms with Crippen molar-refractivity contribution in [3.05, 3.63) is 146 Å². The molecule has 0 fully saturated rings. The zero-order chi connectivity index (χ0) is 28.8. The third-order valence-corrected chi connectivity index (χ3v) is 9.25. The molecule has 2 heterocycles. The topological polar surface area (TPSA) is 26.3 Å². The van der Waals surface area contributed by atoms with Crippen molar-refractivity contribution < 1.29 is 8.83 Å². The summed E-state index contributed by atoms with van der Waals surface area (Å²) in [4.78, 5) is 0. The van der Waals surface area contributed by atoms with Gasteiger partial charge in [0.15, 0.2) is 0 Å². The number of hydrogen-bond acceptors (Lipinski definition) is 2. The quantitative estimate of drug-likeness (QED) is 0.197. The number of hydrogen-bond donors (Lipinski definition) is 0. The van der Waals surface area contributed by atoms with Gasteiger partial charge in [-0.1, -0.05) is 109 Å². The normalized spacial score (nSPS) is 12.1. The molecule has 0 saturated heterocycles. The smallest absolute Gasteiger partial charge is 0.136 e. The number of fused-ring (bicyclic) bond motifs is 10. The van der Waals surface area contributed by atoms with Crippen molar-refractivity contribution in [1.29, 1.82) is 0 Å². The highest BCUT2D eigenvalue weighted by atomic mass is 16.3. The Morgan fingerprint density at radius 2 is 0.795 bits per heavy atom. The van der Waals surface area contributed by atoms with Gasteiger partial charge in [-0.05, 0) is 91.0 Å². The largest absolute Gasteiger partial charge is 0.456 e. The Morgan fingerprint density at radius 1 is 0.295 bits per heavy atom. The molecule has 2 heteroatoms. The molecule has 2 aromatic heterocycles. The van der Waals surface area contributed by atoms with Gasteiger partial charge >= 0.3 is 0 Å². The molecule has 0 aliphatic heterocycles. The number of para-hydroxylation sites is 1. The predicted octanol–water partition coefficient (Wildman–Crippen LogP) is 12.3. The van der Waals surface area contributed by atoms with Crippen molar-refractivity contribution in [3.8, 4) is 22.3 Å². The Hall–Kier alpha value is -5.86. The number of benzene rings is 8. The second-order valence-electron chi connectivity index (χ2n) is 11.6. The lowest BCUT2D eigenvalue weighted by Gasteiger charge is -2.17. The second kappa shape index (κ2) is 8.82. The molecule has 0 saturated carbocycles. The fourth-order valence-corrected chi connectivity index (χ4v) is 7.33. The van der Waals surface area contributed by atoms with Crippen molar-refractivity contribution in [3.63, 3.8) is 0 Å². The van der Waals surface area contributed by atoms with Crippen LogP contribution in [0.5, 0.6) is 0 Å². The fourth-order valence-electron chi connectivity index (χ4n) is 7.33. The third kappa shape index (κ3) is 3.25. The highest BCUT2D eigenvalue weighted by Crippen LogP contribution is 2.46. The fraction of sp³-hybridized carbons (Fsp3) is 0. The second-order valence-corrected chi connectivity index (χ2v) is 11.6. The predicted molar refractivity (Wildman–Crippen MR) is 184 cm³/mol. The Balaban J connectivity index is 1.28.